The number of hydrogen-bond acceptors (Lipinski definition) is 7. The van der Waals surface area contributed by atoms with E-state index in [1.807, 2.05) is 9.80 Å². The Morgan fingerprint density at radius 3 is 2.87 bits per heavy atom. The molecule has 1 saturated heterocycles. The molecule has 1 aromatic heterocycles. The summed E-state index contributed by atoms with van der Waals surface area (Å²) in [6.45, 7) is 1.85. The Labute approximate surface area is 171 Å². The highest BCUT2D eigenvalue weighted by atomic mass is 19.1. The molecule has 9 heteroatoms. The average molecular weight is 409 g/mol. The van der Waals surface area contributed by atoms with Crippen molar-refractivity contribution in [2.75, 3.05) is 43.2 Å². The number of methoxy groups -OCH3 is 1. The van der Waals surface area contributed by atoms with Crippen LogP contribution in [0.4, 0.5) is 20.2 Å². The number of aromatic nitrogens is 2. The van der Waals surface area contributed by atoms with Gasteiger partial charge in [-0.2, -0.15) is 5.26 Å². The predicted molar refractivity (Wildman–Crippen MR) is 106 cm³/mol. The van der Waals surface area contributed by atoms with Crippen LogP contribution in [-0.4, -0.2) is 49.6 Å². The smallest absolute Gasteiger partial charge is 0.187 e. The molecular formula is C21H17F2N5O2. The third-order valence-electron chi connectivity index (χ3n) is 5.56. The monoisotopic (exact) mass is 409 g/mol. The van der Waals surface area contributed by atoms with E-state index in [-0.39, 0.29) is 23.3 Å². The molecular weight excluding hydrogens is 392 g/mol. The summed E-state index contributed by atoms with van der Waals surface area (Å²) in [5.74, 6) is -0.0431. The van der Waals surface area contributed by atoms with Gasteiger partial charge in [0.25, 0.3) is 0 Å². The molecule has 3 aromatic rings. The summed E-state index contributed by atoms with van der Waals surface area (Å²) in [5.41, 5.74) is 1.44. The molecule has 2 aromatic carbocycles. The Kier molecular flexibility index (Phi) is 4.28. The fraction of sp³-hybridized carbons (Fsp3) is 0.286. The lowest BCUT2D eigenvalue weighted by Crippen LogP contribution is -2.57. The van der Waals surface area contributed by atoms with Gasteiger partial charge in [-0.15, -0.1) is 10.2 Å². The number of para-hydroxylation sites is 1. The topological polar surface area (TPSA) is 74.5 Å². The van der Waals surface area contributed by atoms with Crippen LogP contribution in [0, 0.1) is 23.0 Å². The fourth-order valence-corrected chi connectivity index (χ4v) is 4.26. The Morgan fingerprint density at radius 2 is 2.07 bits per heavy atom. The van der Waals surface area contributed by atoms with Gasteiger partial charge in [-0.3, -0.25) is 0 Å². The zero-order valence-electron chi connectivity index (χ0n) is 16.1. The van der Waals surface area contributed by atoms with E-state index in [2.05, 4.69) is 16.3 Å². The van der Waals surface area contributed by atoms with Gasteiger partial charge in [-0.05, 0) is 18.2 Å². The number of nitriles is 1. The molecule has 1 fully saturated rings. The Balaban J connectivity index is 1.58. The number of piperazine rings is 1. The van der Waals surface area contributed by atoms with E-state index in [1.165, 1.54) is 25.3 Å². The second-order valence-electron chi connectivity index (χ2n) is 7.20. The number of anilines is 2. The van der Waals surface area contributed by atoms with Crippen molar-refractivity contribution >= 4 is 22.3 Å². The third kappa shape index (κ3) is 2.76. The minimum absolute atomic E-state index is 0.104. The van der Waals surface area contributed by atoms with Gasteiger partial charge in [-0.25, -0.2) is 8.78 Å². The molecule has 0 spiro atoms. The van der Waals surface area contributed by atoms with Gasteiger partial charge in [0.15, 0.2) is 5.69 Å². The number of nitrogens with zero attached hydrogens (tertiary/aromatic N) is 5. The molecule has 0 saturated carbocycles. The third-order valence-corrected chi connectivity index (χ3v) is 5.56. The van der Waals surface area contributed by atoms with Crippen molar-refractivity contribution in [1.29, 1.82) is 5.26 Å². The van der Waals surface area contributed by atoms with Crippen molar-refractivity contribution < 1.29 is 18.3 Å². The van der Waals surface area contributed by atoms with Crippen molar-refractivity contribution in [3.05, 3.63) is 47.7 Å². The number of fused-ring (bicyclic) bond motifs is 4. The van der Waals surface area contributed by atoms with Crippen LogP contribution in [0.5, 0.6) is 11.5 Å². The van der Waals surface area contributed by atoms with Crippen LogP contribution in [0.2, 0.25) is 0 Å². The highest BCUT2D eigenvalue weighted by Gasteiger charge is 2.36. The summed E-state index contributed by atoms with van der Waals surface area (Å²) in [4.78, 5) is 3.96. The summed E-state index contributed by atoms with van der Waals surface area (Å²) in [6.07, 6.45) is 0. The normalized spacial score (nSPS) is 17.7. The SMILES string of the molecule is COc1cc(F)cc2c(N3CCN4c5c(F)cccc5OC[C@H]4C3)c(C#N)nnc12. The van der Waals surface area contributed by atoms with Crippen LogP contribution in [0.25, 0.3) is 10.9 Å². The average Bonchev–Trinajstić information content (AvgIpc) is 2.77. The molecule has 0 bridgehead atoms. The van der Waals surface area contributed by atoms with Gasteiger partial charge in [0, 0.05) is 31.1 Å². The first kappa shape index (κ1) is 18.4. The summed E-state index contributed by atoms with van der Waals surface area (Å²) < 4.78 is 39.7. The lowest BCUT2D eigenvalue weighted by atomic mass is 10.0. The van der Waals surface area contributed by atoms with E-state index in [1.54, 1.807) is 12.1 Å². The van der Waals surface area contributed by atoms with Gasteiger partial charge in [0.1, 0.15) is 47.0 Å². The maximum Gasteiger partial charge on any atom is 0.187 e. The van der Waals surface area contributed by atoms with Crippen molar-refractivity contribution in [3.8, 4) is 17.6 Å². The van der Waals surface area contributed by atoms with E-state index in [0.29, 0.717) is 54.3 Å². The number of benzene rings is 2. The van der Waals surface area contributed by atoms with Crippen molar-refractivity contribution in [1.82, 2.24) is 10.2 Å². The molecule has 2 aliphatic heterocycles. The quantitative estimate of drug-likeness (QED) is 0.644. The second kappa shape index (κ2) is 6.99. The van der Waals surface area contributed by atoms with Crippen LogP contribution in [0.3, 0.4) is 0 Å². The summed E-state index contributed by atoms with van der Waals surface area (Å²) in [5, 5.41) is 18.2. The lowest BCUT2D eigenvalue weighted by molar-refractivity contribution is 0.252. The number of ether oxygens (including phenoxy) is 2. The van der Waals surface area contributed by atoms with Crippen LogP contribution < -0.4 is 19.3 Å². The molecule has 5 rings (SSSR count). The molecule has 0 aliphatic carbocycles. The van der Waals surface area contributed by atoms with E-state index >= 15 is 0 Å². The largest absolute Gasteiger partial charge is 0.494 e. The number of rotatable bonds is 2. The predicted octanol–water partition coefficient (Wildman–Crippen LogP) is 2.88. The Bertz CT molecular complexity index is 1200. The van der Waals surface area contributed by atoms with Crippen molar-refractivity contribution in [3.63, 3.8) is 0 Å². The molecule has 2 aliphatic rings. The van der Waals surface area contributed by atoms with Crippen molar-refractivity contribution in [2.24, 2.45) is 0 Å². The number of halogens is 2. The molecule has 7 nitrogen and oxygen atoms in total. The lowest BCUT2D eigenvalue weighted by Gasteiger charge is -2.46. The summed E-state index contributed by atoms with van der Waals surface area (Å²) in [6, 6.07) is 9.29. The van der Waals surface area contributed by atoms with Crippen LogP contribution in [0.1, 0.15) is 5.69 Å². The van der Waals surface area contributed by atoms with Crippen LogP contribution in [-0.2, 0) is 0 Å². The molecule has 0 unspecified atom stereocenters. The molecule has 3 heterocycles. The minimum atomic E-state index is -0.492. The molecule has 1 atom stereocenters. The fourth-order valence-electron chi connectivity index (χ4n) is 4.26. The first-order valence-electron chi connectivity index (χ1n) is 9.47. The van der Waals surface area contributed by atoms with Gasteiger partial charge in [0.2, 0.25) is 0 Å². The zero-order chi connectivity index (χ0) is 20.8. The standard InChI is InChI=1S/C21H17F2N5O2/c1-29-18-8-12(22)7-14-19(18)26-25-16(9-24)20(14)27-5-6-28-13(10-27)11-30-17-4-2-3-15(23)21(17)28/h2-4,7-8,13H,5-6,10-11H2,1H3/t13-/m1/s1. The zero-order valence-corrected chi connectivity index (χ0v) is 16.1. The highest BCUT2D eigenvalue weighted by Crippen LogP contribution is 2.40. The minimum Gasteiger partial charge on any atom is -0.494 e. The Hall–Kier alpha value is -3.67. The molecule has 0 amide bonds. The highest BCUT2D eigenvalue weighted by molar-refractivity contribution is 5.97. The summed E-state index contributed by atoms with van der Waals surface area (Å²) >= 11 is 0. The summed E-state index contributed by atoms with van der Waals surface area (Å²) in [7, 11) is 1.43. The van der Waals surface area contributed by atoms with Gasteiger partial charge >= 0.3 is 0 Å². The maximum absolute atomic E-state index is 14.5. The molecule has 30 heavy (non-hydrogen) atoms. The Morgan fingerprint density at radius 1 is 1.20 bits per heavy atom. The van der Waals surface area contributed by atoms with E-state index < -0.39 is 5.82 Å². The van der Waals surface area contributed by atoms with E-state index in [4.69, 9.17) is 9.47 Å². The number of hydrogen-bond donors (Lipinski definition) is 0. The van der Waals surface area contributed by atoms with Gasteiger partial charge in [-0.1, -0.05) is 6.07 Å². The van der Waals surface area contributed by atoms with Crippen LogP contribution in [0.15, 0.2) is 30.3 Å². The van der Waals surface area contributed by atoms with Gasteiger partial charge in [0.05, 0.1) is 18.8 Å². The van der Waals surface area contributed by atoms with E-state index in [9.17, 15) is 14.0 Å². The maximum atomic E-state index is 14.5. The second-order valence-corrected chi connectivity index (χ2v) is 7.20. The van der Waals surface area contributed by atoms with Crippen molar-refractivity contribution in [2.45, 2.75) is 6.04 Å². The molecule has 0 radical (unpaired) electrons. The molecule has 152 valence electrons. The first-order chi connectivity index (χ1) is 14.6. The molecule has 0 N–H and O–H groups in total. The first-order valence-corrected chi connectivity index (χ1v) is 9.47. The van der Waals surface area contributed by atoms with Crippen LogP contribution >= 0.6 is 0 Å². The van der Waals surface area contributed by atoms with Gasteiger partial charge < -0.3 is 19.3 Å². The van der Waals surface area contributed by atoms with E-state index in [0.717, 1.165) is 0 Å².